The van der Waals surface area contributed by atoms with Gasteiger partial charge in [-0.1, -0.05) is 48.7 Å². The number of anilines is 1. The van der Waals surface area contributed by atoms with Crippen molar-refractivity contribution in [1.82, 2.24) is 10.1 Å². The minimum absolute atomic E-state index is 0.138. The molecule has 0 aliphatic carbocycles. The number of rotatable bonds is 3. The fraction of sp³-hybridized carbons (Fsp3) is 0.370. The SMILES string of the molecule is CCCc1cc(C(=O)N2CCCCCCOc3ccccc3Oc3ccc(Cl)cc3NC(=O)C2)no1. The first kappa shape index (κ1) is 25.6. The van der Waals surface area contributed by atoms with Crippen LogP contribution in [0.4, 0.5) is 5.69 Å². The van der Waals surface area contributed by atoms with Crippen LogP contribution in [0.15, 0.2) is 53.1 Å². The minimum Gasteiger partial charge on any atom is -0.490 e. The Kier molecular flexibility index (Phi) is 8.84. The number of para-hydroxylation sites is 2. The number of aryl methyl sites for hydroxylation is 1. The summed E-state index contributed by atoms with van der Waals surface area (Å²) in [4.78, 5) is 27.8. The van der Waals surface area contributed by atoms with Gasteiger partial charge in [0, 0.05) is 24.1 Å². The molecule has 1 aliphatic heterocycles. The predicted octanol–water partition coefficient (Wildman–Crippen LogP) is 6.11. The van der Waals surface area contributed by atoms with Crippen LogP contribution in [0, 0.1) is 0 Å². The third-order valence-corrected chi connectivity index (χ3v) is 6.00. The van der Waals surface area contributed by atoms with E-state index in [0.717, 1.165) is 32.1 Å². The van der Waals surface area contributed by atoms with Gasteiger partial charge in [0.15, 0.2) is 22.9 Å². The lowest BCUT2D eigenvalue weighted by Gasteiger charge is -2.22. The zero-order chi connectivity index (χ0) is 25.3. The Morgan fingerprint density at radius 3 is 2.69 bits per heavy atom. The number of benzene rings is 2. The van der Waals surface area contributed by atoms with Gasteiger partial charge < -0.3 is 24.2 Å². The summed E-state index contributed by atoms with van der Waals surface area (Å²) >= 11 is 6.21. The van der Waals surface area contributed by atoms with Gasteiger partial charge in [-0.25, -0.2) is 0 Å². The molecule has 1 N–H and O–H groups in total. The molecular weight excluding hydrogens is 482 g/mol. The van der Waals surface area contributed by atoms with Crippen LogP contribution in [0.1, 0.15) is 55.3 Å². The number of nitrogens with one attached hydrogen (secondary N) is 1. The second-order valence-electron chi connectivity index (χ2n) is 8.66. The van der Waals surface area contributed by atoms with E-state index in [1.807, 2.05) is 31.2 Å². The summed E-state index contributed by atoms with van der Waals surface area (Å²) in [5, 5.41) is 7.22. The van der Waals surface area contributed by atoms with Gasteiger partial charge in [-0.2, -0.15) is 0 Å². The largest absolute Gasteiger partial charge is 0.490 e. The fourth-order valence-electron chi connectivity index (χ4n) is 3.96. The Hall–Kier alpha value is -3.52. The molecule has 8 nitrogen and oxygen atoms in total. The van der Waals surface area contributed by atoms with Gasteiger partial charge >= 0.3 is 0 Å². The highest BCUT2D eigenvalue weighted by molar-refractivity contribution is 6.31. The van der Waals surface area contributed by atoms with Crippen molar-refractivity contribution in [3.63, 3.8) is 0 Å². The fourth-order valence-corrected chi connectivity index (χ4v) is 4.13. The van der Waals surface area contributed by atoms with Crippen LogP contribution in [-0.4, -0.2) is 41.6 Å². The van der Waals surface area contributed by atoms with Crippen LogP contribution in [0.3, 0.4) is 0 Å². The monoisotopic (exact) mass is 511 g/mol. The summed E-state index contributed by atoms with van der Waals surface area (Å²) in [5.74, 6) is 1.52. The average molecular weight is 512 g/mol. The van der Waals surface area contributed by atoms with E-state index < -0.39 is 0 Å². The maximum absolute atomic E-state index is 13.2. The smallest absolute Gasteiger partial charge is 0.276 e. The van der Waals surface area contributed by atoms with Crippen molar-refractivity contribution < 1.29 is 23.6 Å². The molecule has 9 heteroatoms. The zero-order valence-electron chi connectivity index (χ0n) is 20.3. The number of nitrogens with zero attached hydrogens (tertiary/aromatic N) is 2. The van der Waals surface area contributed by atoms with E-state index in [0.29, 0.717) is 53.3 Å². The minimum atomic E-state index is -0.371. The maximum Gasteiger partial charge on any atom is 0.276 e. The number of ether oxygens (including phenoxy) is 2. The Morgan fingerprint density at radius 2 is 1.86 bits per heavy atom. The lowest BCUT2D eigenvalue weighted by atomic mass is 10.2. The molecule has 0 saturated heterocycles. The summed E-state index contributed by atoms with van der Waals surface area (Å²) in [6, 6.07) is 14.0. The number of hydrogen-bond acceptors (Lipinski definition) is 6. The molecule has 0 spiro atoms. The second kappa shape index (κ2) is 12.4. The summed E-state index contributed by atoms with van der Waals surface area (Å²) in [6.07, 6.45) is 5.02. The van der Waals surface area contributed by atoms with Crippen molar-refractivity contribution >= 4 is 29.1 Å². The normalized spacial score (nSPS) is 15.2. The van der Waals surface area contributed by atoms with Crippen molar-refractivity contribution in [2.24, 2.45) is 0 Å². The highest BCUT2D eigenvalue weighted by atomic mass is 35.5. The standard InChI is InChI=1S/C27H30ClN3O5/c1-2-9-20-17-22(30-36-20)27(33)31-14-7-3-4-8-15-34-24-10-5-6-11-25(24)35-23-13-12-19(28)16-21(23)29-26(32)18-31/h5-6,10-13,16-17H,2-4,7-9,14-15,18H2,1H3,(H,29,32). The topological polar surface area (TPSA) is 93.9 Å². The van der Waals surface area contributed by atoms with Crippen molar-refractivity contribution in [1.29, 1.82) is 0 Å². The van der Waals surface area contributed by atoms with E-state index in [4.69, 9.17) is 25.6 Å². The Morgan fingerprint density at radius 1 is 1.06 bits per heavy atom. The molecule has 190 valence electrons. The number of hydrogen-bond donors (Lipinski definition) is 1. The molecule has 1 aromatic heterocycles. The van der Waals surface area contributed by atoms with Gasteiger partial charge in [-0.05, 0) is 49.6 Å². The van der Waals surface area contributed by atoms with Crippen molar-refractivity contribution in [3.8, 4) is 17.2 Å². The number of amides is 2. The second-order valence-corrected chi connectivity index (χ2v) is 9.09. The highest BCUT2D eigenvalue weighted by Crippen LogP contribution is 2.36. The van der Waals surface area contributed by atoms with Gasteiger partial charge in [-0.15, -0.1) is 0 Å². The van der Waals surface area contributed by atoms with E-state index in [1.165, 1.54) is 4.90 Å². The van der Waals surface area contributed by atoms with Crippen molar-refractivity contribution in [2.75, 3.05) is 25.0 Å². The van der Waals surface area contributed by atoms with Gasteiger partial charge in [0.05, 0.1) is 12.3 Å². The van der Waals surface area contributed by atoms with Crippen LogP contribution in [0.2, 0.25) is 5.02 Å². The average Bonchev–Trinajstić information content (AvgIpc) is 3.33. The zero-order valence-corrected chi connectivity index (χ0v) is 21.1. The van der Waals surface area contributed by atoms with Gasteiger partial charge in [0.25, 0.3) is 5.91 Å². The molecule has 4 rings (SSSR count). The van der Waals surface area contributed by atoms with E-state index in [9.17, 15) is 9.59 Å². The summed E-state index contributed by atoms with van der Waals surface area (Å²) in [7, 11) is 0. The molecule has 0 unspecified atom stereocenters. The quantitative estimate of drug-likeness (QED) is 0.456. The molecule has 2 aromatic carbocycles. The first-order valence-corrected chi connectivity index (χ1v) is 12.6. The van der Waals surface area contributed by atoms with Gasteiger partial charge in [0.1, 0.15) is 12.3 Å². The maximum atomic E-state index is 13.2. The highest BCUT2D eigenvalue weighted by Gasteiger charge is 2.23. The van der Waals surface area contributed by atoms with Gasteiger partial charge in [-0.3, -0.25) is 9.59 Å². The van der Waals surface area contributed by atoms with E-state index in [2.05, 4.69) is 10.5 Å². The van der Waals surface area contributed by atoms with E-state index in [-0.39, 0.29) is 24.1 Å². The Balaban J connectivity index is 1.58. The van der Waals surface area contributed by atoms with Crippen LogP contribution in [-0.2, 0) is 11.2 Å². The number of carbonyl (C=O) groups excluding carboxylic acids is 2. The third-order valence-electron chi connectivity index (χ3n) is 5.76. The van der Waals surface area contributed by atoms with Crippen LogP contribution in [0.5, 0.6) is 17.2 Å². The van der Waals surface area contributed by atoms with Crippen molar-refractivity contribution in [3.05, 3.63) is 65.0 Å². The predicted molar refractivity (Wildman–Crippen MR) is 137 cm³/mol. The molecule has 1 aliphatic rings. The molecule has 36 heavy (non-hydrogen) atoms. The third kappa shape index (κ3) is 6.79. The molecule has 0 saturated carbocycles. The van der Waals surface area contributed by atoms with Crippen molar-refractivity contribution in [2.45, 2.75) is 45.4 Å². The molecule has 2 amide bonds. The molecule has 0 atom stereocenters. The molecule has 0 fully saturated rings. The van der Waals surface area contributed by atoms with E-state index in [1.54, 1.807) is 24.3 Å². The van der Waals surface area contributed by atoms with Crippen LogP contribution >= 0.6 is 11.6 Å². The summed E-state index contributed by atoms with van der Waals surface area (Å²) < 4.78 is 17.4. The Bertz CT molecular complexity index is 1200. The molecular formula is C27H30ClN3O5. The molecule has 3 aromatic rings. The first-order chi connectivity index (χ1) is 17.5. The number of carbonyl (C=O) groups is 2. The lowest BCUT2D eigenvalue weighted by Crippen LogP contribution is -2.39. The molecule has 2 heterocycles. The number of fused-ring (bicyclic) bond motifs is 2. The first-order valence-electron chi connectivity index (χ1n) is 12.3. The summed E-state index contributed by atoms with van der Waals surface area (Å²) in [6.45, 7) is 2.86. The summed E-state index contributed by atoms with van der Waals surface area (Å²) in [5.41, 5.74) is 0.603. The molecule has 0 radical (unpaired) electrons. The number of halogens is 1. The van der Waals surface area contributed by atoms with E-state index >= 15 is 0 Å². The number of aromatic nitrogens is 1. The molecule has 0 bridgehead atoms. The van der Waals surface area contributed by atoms with Gasteiger partial charge in [0.2, 0.25) is 5.91 Å². The van der Waals surface area contributed by atoms with Crippen LogP contribution in [0.25, 0.3) is 0 Å². The lowest BCUT2D eigenvalue weighted by molar-refractivity contribution is -0.116. The Labute approximate surface area is 215 Å². The van der Waals surface area contributed by atoms with Crippen LogP contribution < -0.4 is 14.8 Å².